The number of ether oxygens (including phenoxy) is 2. The predicted molar refractivity (Wildman–Crippen MR) is 196 cm³/mol. The smallest absolute Gasteiger partial charge is 0.118 e. The van der Waals surface area contributed by atoms with E-state index in [1.54, 1.807) is 7.11 Å². The average molecular weight is 659 g/mol. The van der Waals surface area contributed by atoms with Crippen molar-refractivity contribution in [1.82, 2.24) is 29.4 Å². The Balaban J connectivity index is 0.000000250. The Hall–Kier alpha value is -2.75. The van der Waals surface area contributed by atoms with Crippen LogP contribution in [0.2, 0.25) is 0 Å². The third-order valence-corrected chi connectivity index (χ3v) is 11.3. The molecule has 8 nitrogen and oxygen atoms in total. The summed E-state index contributed by atoms with van der Waals surface area (Å²) in [4.78, 5) is 10.5. The van der Waals surface area contributed by atoms with E-state index in [-0.39, 0.29) is 0 Å². The molecule has 3 aliphatic rings. The van der Waals surface area contributed by atoms with Crippen LogP contribution in [-0.2, 0) is 24.9 Å². The van der Waals surface area contributed by atoms with Crippen LogP contribution in [-0.4, -0.2) is 101 Å². The quantitative estimate of drug-likeness (QED) is 0.237. The highest BCUT2D eigenvalue weighted by Crippen LogP contribution is 2.33. The van der Waals surface area contributed by atoms with E-state index in [9.17, 15) is 0 Å². The molecule has 4 heterocycles. The Bertz CT molecular complexity index is 1380. The van der Waals surface area contributed by atoms with Gasteiger partial charge in [0.1, 0.15) is 5.75 Å². The van der Waals surface area contributed by atoms with Crippen molar-refractivity contribution < 1.29 is 9.47 Å². The van der Waals surface area contributed by atoms with Crippen LogP contribution in [0.4, 0.5) is 0 Å². The van der Waals surface area contributed by atoms with Gasteiger partial charge in [-0.2, -0.15) is 5.10 Å². The maximum Gasteiger partial charge on any atom is 0.118 e. The molecule has 0 amide bonds. The Kier molecular flexibility index (Phi) is 13.1. The number of likely N-dealkylation sites (tertiary alicyclic amines) is 2. The molecule has 3 fully saturated rings. The van der Waals surface area contributed by atoms with Crippen molar-refractivity contribution in [3.05, 3.63) is 82.7 Å². The van der Waals surface area contributed by atoms with E-state index in [0.717, 1.165) is 50.7 Å². The molecule has 6 rings (SSSR count). The number of hydrogen-bond acceptors (Lipinski definition) is 7. The van der Waals surface area contributed by atoms with Gasteiger partial charge in [-0.15, -0.1) is 0 Å². The lowest BCUT2D eigenvalue weighted by molar-refractivity contribution is -0.0539. The van der Waals surface area contributed by atoms with Crippen molar-refractivity contribution in [1.29, 1.82) is 0 Å². The Morgan fingerprint density at radius 2 is 1.56 bits per heavy atom. The normalized spacial score (nSPS) is 21.8. The number of hydrogen-bond donors (Lipinski definition) is 0. The van der Waals surface area contributed by atoms with E-state index in [4.69, 9.17) is 9.47 Å². The van der Waals surface area contributed by atoms with Crippen LogP contribution in [0.5, 0.6) is 5.75 Å². The van der Waals surface area contributed by atoms with Gasteiger partial charge in [0.25, 0.3) is 0 Å². The fourth-order valence-electron chi connectivity index (χ4n) is 7.85. The number of rotatable bonds is 10. The second-order valence-electron chi connectivity index (χ2n) is 14.7. The third kappa shape index (κ3) is 9.48. The molecule has 3 aliphatic heterocycles. The highest BCUT2D eigenvalue weighted by Gasteiger charge is 2.39. The number of aromatic nitrogens is 2. The maximum absolute atomic E-state index is 6.10. The van der Waals surface area contributed by atoms with E-state index >= 15 is 0 Å². The molecular weight excluding hydrogens is 596 g/mol. The van der Waals surface area contributed by atoms with Gasteiger partial charge in [0.05, 0.1) is 26.1 Å². The van der Waals surface area contributed by atoms with Crippen molar-refractivity contribution in [3.63, 3.8) is 0 Å². The topological polar surface area (TPSA) is 49.2 Å². The molecule has 0 bridgehead atoms. The maximum atomic E-state index is 6.10. The molecule has 0 saturated carbocycles. The first-order chi connectivity index (χ1) is 23.2. The van der Waals surface area contributed by atoms with E-state index in [1.807, 2.05) is 23.9 Å². The monoisotopic (exact) mass is 658 g/mol. The number of piperazine rings is 1. The van der Waals surface area contributed by atoms with Crippen LogP contribution >= 0.6 is 0 Å². The number of aryl methyl sites for hydroxylation is 2. The van der Waals surface area contributed by atoms with Crippen LogP contribution in [0.15, 0.2) is 54.6 Å². The third-order valence-electron chi connectivity index (χ3n) is 11.3. The molecule has 0 radical (unpaired) electrons. The first kappa shape index (κ1) is 36.5. The van der Waals surface area contributed by atoms with Gasteiger partial charge in [-0.25, -0.2) is 0 Å². The van der Waals surface area contributed by atoms with Gasteiger partial charge in [-0.1, -0.05) is 48.9 Å². The molecule has 0 N–H and O–H groups in total. The van der Waals surface area contributed by atoms with Crippen molar-refractivity contribution in [2.75, 3.05) is 59.7 Å². The number of piperidine rings is 2. The zero-order valence-electron chi connectivity index (χ0n) is 31.0. The van der Waals surface area contributed by atoms with E-state index in [1.165, 1.54) is 67.6 Å². The second kappa shape index (κ2) is 17.3. The summed E-state index contributed by atoms with van der Waals surface area (Å²) < 4.78 is 13.2. The second-order valence-corrected chi connectivity index (χ2v) is 14.7. The van der Waals surface area contributed by atoms with Crippen LogP contribution < -0.4 is 4.74 Å². The van der Waals surface area contributed by atoms with Crippen molar-refractivity contribution in [2.24, 2.45) is 7.05 Å². The zero-order chi connectivity index (χ0) is 34.1. The fourth-order valence-corrected chi connectivity index (χ4v) is 7.85. The minimum Gasteiger partial charge on any atom is -0.497 e. The highest BCUT2D eigenvalue weighted by molar-refractivity contribution is 5.27. The van der Waals surface area contributed by atoms with Gasteiger partial charge in [0.15, 0.2) is 0 Å². The van der Waals surface area contributed by atoms with Crippen molar-refractivity contribution in [2.45, 2.75) is 97.5 Å². The Labute approximate surface area is 291 Å². The molecule has 1 unspecified atom stereocenters. The SMILES string of the molecule is COc1ccc(CN2CCCCC2)cc1.Cc1nn(C)c(C)c1COCN1CCC(C)(N2CCN(C(C)c3ccccc3)[C@@H](C)C2)CC1. The molecule has 2 aromatic carbocycles. The molecule has 48 heavy (non-hydrogen) atoms. The molecule has 8 heteroatoms. The fraction of sp³-hybridized carbons (Fsp3) is 0.625. The minimum atomic E-state index is 0.295. The molecule has 2 atom stereocenters. The molecule has 264 valence electrons. The molecule has 1 aromatic heterocycles. The minimum absolute atomic E-state index is 0.295. The van der Waals surface area contributed by atoms with Gasteiger partial charge in [0, 0.05) is 75.2 Å². The largest absolute Gasteiger partial charge is 0.497 e. The number of nitrogens with zero attached hydrogens (tertiary/aromatic N) is 6. The van der Waals surface area contributed by atoms with Crippen LogP contribution in [0, 0.1) is 13.8 Å². The van der Waals surface area contributed by atoms with Crippen molar-refractivity contribution >= 4 is 0 Å². The number of methoxy groups -OCH3 is 1. The molecule has 3 saturated heterocycles. The van der Waals surface area contributed by atoms with Gasteiger partial charge in [-0.3, -0.25) is 24.3 Å². The van der Waals surface area contributed by atoms with E-state index < -0.39 is 0 Å². The first-order valence-electron chi connectivity index (χ1n) is 18.4. The van der Waals surface area contributed by atoms with E-state index in [0.29, 0.717) is 31.0 Å². The van der Waals surface area contributed by atoms with Gasteiger partial charge < -0.3 is 9.47 Å². The summed E-state index contributed by atoms with van der Waals surface area (Å²) >= 11 is 0. The van der Waals surface area contributed by atoms with Gasteiger partial charge in [-0.05, 0) is 96.7 Å². The summed E-state index contributed by atoms with van der Waals surface area (Å²) in [5.74, 6) is 0.942. The molecule has 3 aromatic rings. The Morgan fingerprint density at radius 3 is 2.17 bits per heavy atom. The molecule has 0 spiro atoms. The summed E-state index contributed by atoms with van der Waals surface area (Å²) in [5.41, 5.74) is 6.62. The lowest BCUT2D eigenvalue weighted by Crippen LogP contribution is -2.62. The summed E-state index contributed by atoms with van der Waals surface area (Å²) in [6, 6.07) is 20.4. The predicted octanol–water partition coefficient (Wildman–Crippen LogP) is 6.81. The van der Waals surface area contributed by atoms with Gasteiger partial charge >= 0.3 is 0 Å². The summed E-state index contributed by atoms with van der Waals surface area (Å²) in [6.07, 6.45) is 6.54. The Morgan fingerprint density at radius 1 is 0.875 bits per heavy atom. The average Bonchev–Trinajstić information content (AvgIpc) is 3.36. The van der Waals surface area contributed by atoms with E-state index in [2.05, 4.69) is 102 Å². The highest BCUT2D eigenvalue weighted by atomic mass is 16.5. The van der Waals surface area contributed by atoms with Crippen LogP contribution in [0.3, 0.4) is 0 Å². The van der Waals surface area contributed by atoms with Crippen LogP contribution in [0.25, 0.3) is 0 Å². The molecule has 0 aliphatic carbocycles. The van der Waals surface area contributed by atoms with Gasteiger partial charge in [0.2, 0.25) is 0 Å². The summed E-state index contributed by atoms with van der Waals surface area (Å²) in [6.45, 7) is 22.1. The molecular formula is C40H62N6O2. The summed E-state index contributed by atoms with van der Waals surface area (Å²) in [5, 5.41) is 4.50. The summed E-state index contributed by atoms with van der Waals surface area (Å²) in [7, 11) is 3.71. The lowest BCUT2D eigenvalue weighted by atomic mass is 9.86. The number of benzene rings is 2. The van der Waals surface area contributed by atoms with Crippen LogP contribution in [0.1, 0.15) is 87.0 Å². The first-order valence-corrected chi connectivity index (χ1v) is 18.4. The lowest BCUT2D eigenvalue weighted by Gasteiger charge is -2.52. The zero-order valence-corrected chi connectivity index (χ0v) is 31.0. The van der Waals surface area contributed by atoms with Crippen molar-refractivity contribution in [3.8, 4) is 5.75 Å². The standard InChI is InChI=1S/C27H43N5O.C13H19NO/c1-21-18-31(16-17-32(21)23(3)25-10-8-7-9-11-25)27(5)12-14-30(15-13-27)20-33-19-26-22(2)28-29(6)24(26)4;1-15-13-7-5-12(6-8-13)11-14-9-3-2-4-10-14/h7-11,21,23H,12-20H2,1-6H3;5-8H,2-4,9-11H2,1H3/t21-,23?;/m0./s1.